The Bertz CT molecular complexity index is 628. The molecular formula is C24H35NO2. The van der Waals surface area contributed by atoms with Crippen LogP contribution in [0.1, 0.15) is 89.5 Å². The molecule has 0 radical (unpaired) electrons. The van der Waals surface area contributed by atoms with Gasteiger partial charge in [0, 0.05) is 11.6 Å². The molecular weight excluding hydrogens is 334 g/mol. The van der Waals surface area contributed by atoms with Crippen LogP contribution in [0.2, 0.25) is 0 Å². The third kappa shape index (κ3) is 8.55. The molecule has 1 aliphatic rings. The van der Waals surface area contributed by atoms with Crippen molar-refractivity contribution in [3.8, 4) is 0 Å². The van der Waals surface area contributed by atoms with Crippen molar-refractivity contribution in [1.29, 1.82) is 0 Å². The number of nitrogens with zero attached hydrogens (tertiary/aromatic N) is 1. The number of carbonyl (C=O) groups excluding carboxylic acids is 1. The lowest BCUT2D eigenvalue weighted by molar-refractivity contribution is -0.129. The molecule has 0 unspecified atom stereocenters. The topological polar surface area (TPSA) is 38.7 Å². The number of unbranched alkanes of at least 4 members (excludes halogenated alkanes) is 10. The first-order valence-electron chi connectivity index (χ1n) is 10.8. The lowest BCUT2D eigenvalue weighted by Crippen LogP contribution is -2.03. The van der Waals surface area contributed by atoms with Crippen LogP contribution in [0, 0.1) is 6.92 Å². The van der Waals surface area contributed by atoms with E-state index in [2.05, 4.69) is 11.9 Å². The summed E-state index contributed by atoms with van der Waals surface area (Å²) in [6, 6.07) is 7.94. The van der Waals surface area contributed by atoms with Crippen molar-refractivity contribution < 1.29 is 9.53 Å². The van der Waals surface area contributed by atoms with Gasteiger partial charge in [-0.2, -0.15) is 0 Å². The molecule has 1 aliphatic heterocycles. The first-order valence-corrected chi connectivity index (χ1v) is 10.8. The second-order valence-electron chi connectivity index (χ2n) is 7.63. The maximum atomic E-state index is 11.6. The van der Waals surface area contributed by atoms with E-state index in [0.717, 1.165) is 24.1 Å². The molecule has 0 spiro atoms. The molecule has 3 heteroatoms. The number of hydrogen-bond donors (Lipinski definition) is 0. The van der Waals surface area contributed by atoms with Crippen molar-refractivity contribution in [3.05, 3.63) is 41.5 Å². The first-order chi connectivity index (χ1) is 13.2. The van der Waals surface area contributed by atoms with Gasteiger partial charge in [0.15, 0.2) is 0 Å². The molecule has 0 N–H and O–H groups in total. The van der Waals surface area contributed by atoms with Gasteiger partial charge >= 0.3 is 5.97 Å². The Morgan fingerprint density at radius 2 is 1.37 bits per heavy atom. The minimum absolute atomic E-state index is 0.293. The summed E-state index contributed by atoms with van der Waals surface area (Å²) in [6.07, 6.45) is 17.0. The second kappa shape index (κ2) is 12.5. The average molecular weight is 370 g/mol. The van der Waals surface area contributed by atoms with Gasteiger partial charge in [-0.15, -0.1) is 0 Å². The fraction of sp³-hybridized carbons (Fsp3) is 0.583. The maximum Gasteiger partial charge on any atom is 0.337 e. The minimum atomic E-state index is -0.293. The number of hydrogen-bond acceptors (Lipinski definition) is 3. The van der Waals surface area contributed by atoms with Crippen molar-refractivity contribution in [2.75, 3.05) is 0 Å². The van der Waals surface area contributed by atoms with Crippen LogP contribution in [0.5, 0.6) is 0 Å². The lowest BCUT2D eigenvalue weighted by Gasteiger charge is -2.05. The number of ether oxygens (including phenoxy) is 1. The highest BCUT2D eigenvalue weighted by Gasteiger charge is 2.21. The van der Waals surface area contributed by atoms with E-state index in [1.54, 1.807) is 6.08 Å². The molecule has 0 saturated heterocycles. The van der Waals surface area contributed by atoms with Crippen LogP contribution in [0.4, 0.5) is 5.69 Å². The van der Waals surface area contributed by atoms with Gasteiger partial charge in [0.1, 0.15) is 0 Å². The largest absolute Gasteiger partial charge is 0.404 e. The normalized spacial score (nSPS) is 15.3. The zero-order valence-corrected chi connectivity index (χ0v) is 17.1. The number of aryl methyl sites for hydroxylation is 1. The van der Waals surface area contributed by atoms with Gasteiger partial charge in [-0.25, -0.2) is 9.79 Å². The molecule has 1 aromatic carbocycles. The highest BCUT2D eigenvalue weighted by Crippen LogP contribution is 2.22. The number of carbonyl (C=O) groups is 1. The molecule has 0 amide bonds. The van der Waals surface area contributed by atoms with E-state index in [1.165, 1.54) is 69.8 Å². The molecule has 0 aliphatic carbocycles. The number of esters is 1. The lowest BCUT2D eigenvalue weighted by atomic mass is 10.0. The summed E-state index contributed by atoms with van der Waals surface area (Å²) in [7, 11) is 0. The van der Waals surface area contributed by atoms with Gasteiger partial charge in [-0.3, -0.25) is 0 Å². The van der Waals surface area contributed by atoms with Crippen molar-refractivity contribution in [1.82, 2.24) is 0 Å². The third-order valence-electron chi connectivity index (χ3n) is 5.08. The Balaban J connectivity index is 1.62. The number of benzene rings is 1. The van der Waals surface area contributed by atoms with Gasteiger partial charge in [-0.05, 0) is 31.9 Å². The Kier molecular flexibility index (Phi) is 9.89. The van der Waals surface area contributed by atoms with E-state index >= 15 is 0 Å². The van der Waals surface area contributed by atoms with Crippen LogP contribution < -0.4 is 0 Å². The van der Waals surface area contributed by atoms with E-state index in [0.29, 0.717) is 5.90 Å². The fourth-order valence-electron chi connectivity index (χ4n) is 3.38. The van der Waals surface area contributed by atoms with Gasteiger partial charge in [-0.1, -0.05) is 88.8 Å². The van der Waals surface area contributed by atoms with Crippen LogP contribution >= 0.6 is 0 Å². The van der Waals surface area contributed by atoms with Crippen molar-refractivity contribution in [3.63, 3.8) is 0 Å². The first kappa shape index (κ1) is 21.4. The zero-order valence-electron chi connectivity index (χ0n) is 17.1. The van der Waals surface area contributed by atoms with Crippen LogP contribution in [0.25, 0.3) is 0 Å². The number of aliphatic imine (C=N–C) groups is 1. The SMILES string of the molecule is CCCCCCCCCCCCCC1=CC(=O)OC1=Nc1ccc(C)cc1. The highest BCUT2D eigenvalue weighted by molar-refractivity contribution is 6.12. The van der Waals surface area contributed by atoms with Crippen molar-refractivity contribution >= 4 is 17.6 Å². The monoisotopic (exact) mass is 369 g/mol. The summed E-state index contributed by atoms with van der Waals surface area (Å²) in [4.78, 5) is 16.1. The van der Waals surface area contributed by atoms with Crippen LogP contribution in [0.15, 0.2) is 40.9 Å². The van der Waals surface area contributed by atoms with Crippen LogP contribution in [-0.4, -0.2) is 11.9 Å². The summed E-state index contributed by atoms with van der Waals surface area (Å²) >= 11 is 0. The molecule has 3 nitrogen and oxygen atoms in total. The van der Waals surface area contributed by atoms with Gasteiger partial charge in [0.25, 0.3) is 0 Å². The molecule has 0 fully saturated rings. The summed E-state index contributed by atoms with van der Waals surface area (Å²) in [6.45, 7) is 4.31. The quantitative estimate of drug-likeness (QED) is 0.272. The second-order valence-corrected chi connectivity index (χ2v) is 7.63. The fourth-order valence-corrected chi connectivity index (χ4v) is 3.38. The minimum Gasteiger partial charge on any atom is -0.404 e. The summed E-state index contributed by atoms with van der Waals surface area (Å²) in [5.74, 6) is 0.190. The smallest absolute Gasteiger partial charge is 0.337 e. The van der Waals surface area contributed by atoms with Crippen molar-refractivity contribution in [2.24, 2.45) is 4.99 Å². The summed E-state index contributed by atoms with van der Waals surface area (Å²) < 4.78 is 5.28. The molecule has 0 bridgehead atoms. The Hall–Kier alpha value is -1.90. The molecule has 0 saturated carbocycles. The summed E-state index contributed by atoms with van der Waals surface area (Å²) in [5.41, 5.74) is 2.96. The molecule has 0 aromatic heterocycles. The summed E-state index contributed by atoms with van der Waals surface area (Å²) in [5, 5.41) is 0. The Labute approximate surface area is 164 Å². The van der Waals surface area contributed by atoms with Crippen molar-refractivity contribution in [2.45, 2.75) is 90.9 Å². The molecule has 148 valence electrons. The van der Waals surface area contributed by atoms with Gasteiger partial charge in [0.2, 0.25) is 5.90 Å². The zero-order chi connectivity index (χ0) is 19.3. The number of cyclic esters (lactones) is 1. The van der Waals surface area contributed by atoms with E-state index in [1.807, 2.05) is 31.2 Å². The molecule has 2 rings (SSSR count). The molecule has 1 aromatic rings. The van der Waals surface area contributed by atoms with Gasteiger partial charge < -0.3 is 4.74 Å². The van der Waals surface area contributed by atoms with E-state index in [4.69, 9.17) is 4.74 Å². The van der Waals surface area contributed by atoms with E-state index < -0.39 is 0 Å². The molecule has 27 heavy (non-hydrogen) atoms. The van der Waals surface area contributed by atoms with E-state index in [-0.39, 0.29) is 5.97 Å². The predicted octanol–water partition coefficient (Wildman–Crippen LogP) is 7.21. The predicted molar refractivity (Wildman–Crippen MR) is 114 cm³/mol. The van der Waals surface area contributed by atoms with Crippen LogP contribution in [-0.2, 0) is 9.53 Å². The Morgan fingerprint density at radius 3 is 1.96 bits per heavy atom. The average Bonchev–Trinajstić information content (AvgIpc) is 3.01. The standard InChI is InChI=1S/C24H35NO2/c1-3-4-5-6-7-8-9-10-11-12-13-14-21-19-23(26)27-24(21)25-22-17-15-20(2)16-18-22/h15-19H,3-14H2,1-2H3. The highest BCUT2D eigenvalue weighted by atomic mass is 16.5. The van der Waals surface area contributed by atoms with Gasteiger partial charge in [0.05, 0.1) is 5.69 Å². The maximum absolute atomic E-state index is 11.6. The molecule has 1 heterocycles. The third-order valence-corrected chi connectivity index (χ3v) is 5.08. The Morgan fingerprint density at radius 1 is 0.815 bits per heavy atom. The van der Waals surface area contributed by atoms with Crippen LogP contribution in [0.3, 0.4) is 0 Å². The van der Waals surface area contributed by atoms with E-state index in [9.17, 15) is 4.79 Å². The molecule has 0 atom stereocenters. The number of rotatable bonds is 13.